The van der Waals surface area contributed by atoms with E-state index >= 15 is 0 Å². The van der Waals surface area contributed by atoms with Crippen molar-refractivity contribution in [2.45, 2.75) is 54.4 Å². The number of hydrogen-bond acceptors (Lipinski definition) is 6. The van der Waals surface area contributed by atoms with E-state index in [1.165, 1.54) is 32.0 Å². The van der Waals surface area contributed by atoms with Crippen molar-refractivity contribution in [2.24, 2.45) is 0 Å². The molecule has 0 spiro atoms. The average Bonchev–Trinajstić information content (AvgIpc) is 3.31. The molecule has 1 aliphatic heterocycles. The molecule has 1 fully saturated rings. The largest absolute Gasteiger partial charge is 0.416 e. The van der Waals surface area contributed by atoms with Gasteiger partial charge in [-0.25, -0.2) is 28.7 Å². The molecule has 0 radical (unpaired) electrons. The molecule has 214 valence electrons. The number of hydrogen-bond donors (Lipinski definition) is 5. The monoisotopic (exact) mass is 579 g/mol. The zero-order valence-electron chi connectivity index (χ0n) is 20.7. The van der Waals surface area contributed by atoms with E-state index in [9.17, 15) is 46.8 Å². The molecule has 39 heavy (non-hydrogen) atoms. The van der Waals surface area contributed by atoms with E-state index in [1.54, 1.807) is 0 Å². The van der Waals surface area contributed by atoms with Crippen molar-refractivity contribution in [3.05, 3.63) is 71.2 Å². The summed E-state index contributed by atoms with van der Waals surface area (Å²) >= 11 is 0. The number of halogens is 6. The van der Waals surface area contributed by atoms with Gasteiger partial charge in [-0.1, -0.05) is 23.4 Å². The van der Waals surface area contributed by atoms with Crippen molar-refractivity contribution < 1.29 is 46.8 Å². The van der Waals surface area contributed by atoms with Crippen LogP contribution in [0.15, 0.2) is 42.6 Å². The number of rotatable bonds is 6. The van der Waals surface area contributed by atoms with Gasteiger partial charge >= 0.3 is 6.18 Å². The van der Waals surface area contributed by atoms with Crippen LogP contribution in [0.2, 0.25) is 0 Å². The Bertz CT molecular complexity index is 1310. The van der Waals surface area contributed by atoms with Gasteiger partial charge in [0.15, 0.2) is 17.5 Å². The number of aliphatic hydroxyl groups excluding tert-OH is 3. The Balaban J connectivity index is 1.71. The van der Waals surface area contributed by atoms with E-state index in [0.717, 1.165) is 16.9 Å². The van der Waals surface area contributed by atoms with Gasteiger partial charge in [0.25, 0.3) is 0 Å². The maximum atomic E-state index is 13.9. The highest BCUT2D eigenvalue weighted by Gasteiger charge is 2.50. The molecular formula is C25H27F6N3O4S. The molecule has 2 aromatic carbocycles. The first kappa shape index (κ1) is 29.3. The molecule has 1 unspecified atom stereocenters. The van der Waals surface area contributed by atoms with Crippen LogP contribution in [-0.2, 0) is 6.18 Å². The predicted octanol–water partition coefficient (Wildman–Crippen LogP) is 3.53. The third-order valence-electron chi connectivity index (χ3n) is 6.81. The standard InChI is InChI=1S/C25H27F6N3O4S/c1-24(2,38)23(13-5-3-4-6-14(13)25(29,30)31)39-11-18(36)21(22(37)19(39)10-35)34-9-17(32-33-34)12-7-15(26)20(28)16(27)8-12/h3-9,18-19,21-23,35-39H,10-11H2,1-2H3/t18-,19+,21-,22-,23-/m0/s1. The molecule has 0 saturated carbocycles. The van der Waals surface area contributed by atoms with Crippen LogP contribution in [0.1, 0.15) is 36.3 Å². The van der Waals surface area contributed by atoms with Crippen LogP contribution in [0.5, 0.6) is 0 Å². The van der Waals surface area contributed by atoms with Crippen molar-refractivity contribution in [3.63, 3.8) is 0 Å². The van der Waals surface area contributed by atoms with Crippen LogP contribution >= 0.6 is 10.9 Å². The summed E-state index contributed by atoms with van der Waals surface area (Å²) in [6.45, 7) is 1.99. The molecule has 0 amide bonds. The topological polar surface area (TPSA) is 112 Å². The van der Waals surface area contributed by atoms with Gasteiger partial charge in [0.2, 0.25) is 0 Å². The fourth-order valence-corrected chi connectivity index (χ4v) is 8.86. The van der Waals surface area contributed by atoms with Crippen molar-refractivity contribution in [1.82, 2.24) is 15.0 Å². The number of aliphatic hydroxyl groups is 4. The smallest absolute Gasteiger partial charge is 0.395 e. The van der Waals surface area contributed by atoms with Crippen LogP contribution in [0.3, 0.4) is 0 Å². The summed E-state index contributed by atoms with van der Waals surface area (Å²) in [6.07, 6.45) is -6.54. The average molecular weight is 580 g/mol. The number of thiol groups is 1. The molecule has 2 heterocycles. The Morgan fingerprint density at radius 2 is 1.69 bits per heavy atom. The molecule has 7 nitrogen and oxygen atoms in total. The lowest BCUT2D eigenvalue weighted by Gasteiger charge is -2.51. The Kier molecular flexibility index (Phi) is 8.07. The molecule has 4 rings (SSSR count). The number of alkyl halides is 3. The van der Waals surface area contributed by atoms with Gasteiger partial charge in [-0.05, 0) is 37.6 Å². The lowest BCUT2D eigenvalue weighted by atomic mass is 9.93. The summed E-state index contributed by atoms with van der Waals surface area (Å²) in [6, 6.07) is 4.88. The SMILES string of the molecule is CC(C)(O)[C@H](c1ccccc1C(F)(F)F)[SH]1C[C@H](O)[C@H](n2cc(-c3cc(F)c(F)c(F)c3)nn2)[C@@H](O)[C@H]1CO. The molecule has 4 N–H and O–H groups in total. The summed E-state index contributed by atoms with van der Waals surface area (Å²) in [4.78, 5) is 0. The lowest BCUT2D eigenvalue weighted by molar-refractivity contribution is -0.138. The fraction of sp³-hybridized carbons (Fsp3) is 0.440. The molecule has 1 aromatic heterocycles. The van der Waals surface area contributed by atoms with Gasteiger partial charge in [0, 0.05) is 21.8 Å². The van der Waals surface area contributed by atoms with Crippen LogP contribution in [0, 0.1) is 17.5 Å². The van der Waals surface area contributed by atoms with Crippen LogP contribution in [0.4, 0.5) is 26.3 Å². The van der Waals surface area contributed by atoms with Gasteiger partial charge in [0.1, 0.15) is 11.7 Å². The van der Waals surface area contributed by atoms with E-state index in [2.05, 4.69) is 10.3 Å². The van der Waals surface area contributed by atoms with E-state index in [0.29, 0.717) is 12.1 Å². The maximum absolute atomic E-state index is 13.9. The van der Waals surface area contributed by atoms with Crippen molar-refractivity contribution in [1.29, 1.82) is 0 Å². The van der Waals surface area contributed by atoms with E-state index in [1.807, 2.05) is 0 Å². The summed E-state index contributed by atoms with van der Waals surface area (Å²) in [5, 5.41) is 49.0. The van der Waals surface area contributed by atoms with Gasteiger partial charge in [0.05, 0.1) is 36.2 Å². The van der Waals surface area contributed by atoms with E-state index in [-0.39, 0.29) is 22.6 Å². The predicted molar refractivity (Wildman–Crippen MR) is 132 cm³/mol. The molecule has 0 bridgehead atoms. The first-order valence-electron chi connectivity index (χ1n) is 11.8. The maximum Gasteiger partial charge on any atom is 0.416 e. The number of aromatic nitrogens is 3. The van der Waals surface area contributed by atoms with Gasteiger partial charge in [-0.15, -0.1) is 5.10 Å². The minimum atomic E-state index is -4.74. The summed E-state index contributed by atoms with van der Waals surface area (Å²) in [5.41, 5.74) is -3.19. The van der Waals surface area contributed by atoms with Crippen LogP contribution < -0.4 is 0 Å². The second kappa shape index (κ2) is 10.7. The zero-order valence-corrected chi connectivity index (χ0v) is 21.6. The molecule has 14 heteroatoms. The molecular weight excluding hydrogens is 552 g/mol. The van der Waals surface area contributed by atoms with Gasteiger partial charge < -0.3 is 20.4 Å². The van der Waals surface area contributed by atoms with Crippen molar-refractivity contribution in [3.8, 4) is 11.3 Å². The highest BCUT2D eigenvalue weighted by molar-refractivity contribution is 8.18. The molecule has 1 saturated heterocycles. The first-order valence-corrected chi connectivity index (χ1v) is 13.5. The highest BCUT2D eigenvalue weighted by Crippen LogP contribution is 2.58. The molecule has 6 atom stereocenters. The Morgan fingerprint density at radius 1 is 1.08 bits per heavy atom. The Morgan fingerprint density at radius 3 is 2.26 bits per heavy atom. The Labute approximate surface area is 222 Å². The quantitative estimate of drug-likeness (QED) is 0.174. The second-order valence-corrected chi connectivity index (χ2v) is 12.5. The summed E-state index contributed by atoms with van der Waals surface area (Å²) in [5.74, 6) is -4.77. The minimum absolute atomic E-state index is 0.103. The highest BCUT2D eigenvalue weighted by atomic mass is 32.2. The second-order valence-electron chi connectivity index (χ2n) is 9.97. The van der Waals surface area contributed by atoms with Crippen molar-refractivity contribution in [2.75, 3.05) is 12.4 Å². The van der Waals surface area contributed by atoms with Gasteiger partial charge in [-0.3, -0.25) is 0 Å². The third kappa shape index (κ3) is 5.66. The van der Waals surface area contributed by atoms with E-state index in [4.69, 9.17) is 0 Å². The molecule has 0 aliphatic carbocycles. The van der Waals surface area contributed by atoms with Crippen molar-refractivity contribution >= 4 is 10.9 Å². The Hall–Kier alpha value is -2.65. The summed E-state index contributed by atoms with van der Waals surface area (Å²) in [7, 11) is -1.87. The normalized spacial score (nSPS) is 26.0. The number of nitrogens with zero attached hydrogens (tertiary/aromatic N) is 3. The van der Waals surface area contributed by atoms with Crippen LogP contribution in [-0.4, -0.2) is 70.8 Å². The van der Waals surface area contributed by atoms with E-state index < -0.39 is 81.0 Å². The third-order valence-corrected chi connectivity index (χ3v) is 10.5. The molecule has 3 aromatic rings. The minimum Gasteiger partial charge on any atom is -0.395 e. The summed E-state index contributed by atoms with van der Waals surface area (Å²) < 4.78 is 83.4. The zero-order chi connectivity index (χ0) is 28.9. The fourth-order valence-electron chi connectivity index (χ4n) is 5.17. The first-order chi connectivity index (χ1) is 18.1. The molecule has 1 aliphatic rings. The lowest BCUT2D eigenvalue weighted by Crippen LogP contribution is -2.52. The van der Waals surface area contributed by atoms with Crippen LogP contribution in [0.25, 0.3) is 11.3 Å². The number of benzene rings is 2. The van der Waals surface area contributed by atoms with Gasteiger partial charge in [-0.2, -0.15) is 13.2 Å².